The maximum atomic E-state index is 12.1. The second-order valence-corrected chi connectivity index (χ2v) is 4.43. The second-order valence-electron chi connectivity index (χ2n) is 4.43. The second kappa shape index (κ2) is 8.11. The number of carbonyl (C=O) groups excluding carboxylic acids is 2. The molecule has 1 aromatic carbocycles. The number of nitrogens with one attached hydrogen (secondary N) is 2. The molecular formula is C14H21N3O4. The SMILES string of the molecule is COCCNC(=O)C(C)NC(=O)c1cc(OC)ccc1N. The molecule has 116 valence electrons. The lowest BCUT2D eigenvalue weighted by atomic mass is 10.1. The highest BCUT2D eigenvalue weighted by Gasteiger charge is 2.18. The third-order valence-electron chi connectivity index (χ3n) is 2.85. The molecule has 0 aliphatic heterocycles. The normalized spacial score (nSPS) is 11.6. The highest BCUT2D eigenvalue weighted by Crippen LogP contribution is 2.19. The van der Waals surface area contributed by atoms with Gasteiger partial charge in [-0.1, -0.05) is 0 Å². The van der Waals surface area contributed by atoms with Crippen LogP contribution in [0.1, 0.15) is 17.3 Å². The van der Waals surface area contributed by atoms with E-state index in [1.165, 1.54) is 13.2 Å². The van der Waals surface area contributed by atoms with Crippen LogP contribution >= 0.6 is 0 Å². The molecule has 0 aromatic heterocycles. The first-order valence-corrected chi connectivity index (χ1v) is 6.50. The van der Waals surface area contributed by atoms with Crippen LogP contribution in [0.15, 0.2) is 18.2 Å². The third kappa shape index (κ3) is 4.96. The zero-order valence-corrected chi connectivity index (χ0v) is 12.4. The van der Waals surface area contributed by atoms with Crippen molar-refractivity contribution in [3.05, 3.63) is 23.8 Å². The van der Waals surface area contributed by atoms with Crippen molar-refractivity contribution < 1.29 is 19.1 Å². The van der Waals surface area contributed by atoms with Crippen LogP contribution in [0.5, 0.6) is 5.75 Å². The van der Waals surface area contributed by atoms with E-state index in [1.54, 1.807) is 26.2 Å². The van der Waals surface area contributed by atoms with Gasteiger partial charge in [-0.15, -0.1) is 0 Å². The maximum Gasteiger partial charge on any atom is 0.254 e. The first-order chi connectivity index (χ1) is 9.99. The molecule has 1 unspecified atom stereocenters. The molecule has 21 heavy (non-hydrogen) atoms. The van der Waals surface area contributed by atoms with E-state index in [9.17, 15) is 9.59 Å². The molecule has 0 spiro atoms. The Morgan fingerprint density at radius 1 is 1.33 bits per heavy atom. The number of methoxy groups -OCH3 is 2. The van der Waals surface area contributed by atoms with E-state index in [1.807, 2.05) is 0 Å². The Bertz CT molecular complexity index is 505. The van der Waals surface area contributed by atoms with E-state index in [0.29, 0.717) is 24.6 Å². The molecule has 0 saturated heterocycles. The Morgan fingerprint density at radius 2 is 2.05 bits per heavy atom. The van der Waals surface area contributed by atoms with Gasteiger partial charge in [0, 0.05) is 19.3 Å². The summed E-state index contributed by atoms with van der Waals surface area (Å²) in [7, 11) is 3.04. The van der Waals surface area contributed by atoms with Crippen molar-refractivity contribution in [3.63, 3.8) is 0 Å². The summed E-state index contributed by atoms with van der Waals surface area (Å²) in [6, 6.07) is 4.09. The van der Waals surface area contributed by atoms with Crippen LogP contribution in [-0.2, 0) is 9.53 Å². The highest BCUT2D eigenvalue weighted by molar-refractivity contribution is 6.01. The average molecular weight is 295 g/mol. The van der Waals surface area contributed by atoms with E-state index in [-0.39, 0.29) is 11.5 Å². The molecule has 7 heteroatoms. The van der Waals surface area contributed by atoms with Crippen molar-refractivity contribution in [1.82, 2.24) is 10.6 Å². The van der Waals surface area contributed by atoms with Crippen LogP contribution in [-0.4, -0.2) is 45.2 Å². The number of hydrogen-bond acceptors (Lipinski definition) is 5. The number of ether oxygens (including phenoxy) is 2. The van der Waals surface area contributed by atoms with Gasteiger partial charge in [0.1, 0.15) is 11.8 Å². The van der Waals surface area contributed by atoms with Crippen molar-refractivity contribution in [3.8, 4) is 5.75 Å². The fraction of sp³-hybridized carbons (Fsp3) is 0.429. The third-order valence-corrected chi connectivity index (χ3v) is 2.85. The van der Waals surface area contributed by atoms with Gasteiger partial charge in [0.15, 0.2) is 0 Å². The van der Waals surface area contributed by atoms with E-state index in [2.05, 4.69) is 10.6 Å². The minimum Gasteiger partial charge on any atom is -0.497 e. The molecule has 4 N–H and O–H groups in total. The lowest BCUT2D eigenvalue weighted by molar-refractivity contribution is -0.122. The Balaban J connectivity index is 2.65. The van der Waals surface area contributed by atoms with E-state index in [0.717, 1.165) is 0 Å². The number of nitrogen functional groups attached to an aromatic ring is 1. The Morgan fingerprint density at radius 3 is 2.67 bits per heavy atom. The van der Waals surface area contributed by atoms with Crippen molar-refractivity contribution in [2.75, 3.05) is 33.1 Å². The summed E-state index contributed by atoms with van der Waals surface area (Å²) in [4.78, 5) is 23.9. The monoisotopic (exact) mass is 295 g/mol. The number of amides is 2. The lowest BCUT2D eigenvalue weighted by Crippen LogP contribution is -2.45. The van der Waals surface area contributed by atoms with Crippen molar-refractivity contribution >= 4 is 17.5 Å². The first kappa shape index (κ1) is 16.8. The maximum absolute atomic E-state index is 12.1. The van der Waals surface area contributed by atoms with Crippen molar-refractivity contribution in [1.29, 1.82) is 0 Å². The zero-order chi connectivity index (χ0) is 15.8. The van der Waals surface area contributed by atoms with Gasteiger partial charge >= 0.3 is 0 Å². The largest absolute Gasteiger partial charge is 0.497 e. The molecule has 0 fully saturated rings. The Kier molecular flexibility index (Phi) is 6.48. The van der Waals surface area contributed by atoms with Crippen LogP contribution in [0.25, 0.3) is 0 Å². The van der Waals surface area contributed by atoms with Gasteiger partial charge in [0.2, 0.25) is 5.91 Å². The van der Waals surface area contributed by atoms with Gasteiger partial charge in [-0.05, 0) is 25.1 Å². The molecule has 1 atom stereocenters. The first-order valence-electron chi connectivity index (χ1n) is 6.50. The van der Waals surface area contributed by atoms with Gasteiger partial charge in [-0.3, -0.25) is 9.59 Å². The fourth-order valence-corrected chi connectivity index (χ4v) is 1.63. The predicted octanol–water partition coefficient (Wildman–Crippen LogP) is 0.158. The predicted molar refractivity (Wildman–Crippen MR) is 79.2 cm³/mol. The molecule has 0 heterocycles. The van der Waals surface area contributed by atoms with Gasteiger partial charge in [0.25, 0.3) is 5.91 Å². The van der Waals surface area contributed by atoms with Gasteiger partial charge in [0.05, 0.1) is 19.3 Å². The molecule has 1 aromatic rings. The summed E-state index contributed by atoms with van der Waals surface area (Å²) in [6.07, 6.45) is 0. The van der Waals surface area contributed by atoms with E-state index in [4.69, 9.17) is 15.2 Å². The van der Waals surface area contributed by atoms with Crippen LogP contribution in [0, 0.1) is 0 Å². The van der Waals surface area contributed by atoms with Gasteiger partial charge in [-0.2, -0.15) is 0 Å². The highest BCUT2D eigenvalue weighted by atomic mass is 16.5. The van der Waals surface area contributed by atoms with E-state index < -0.39 is 11.9 Å². The topological polar surface area (TPSA) is 103 Å². The number of nitrogens with two attached hydrogens (primary N) is 1. The van der Waals surface area contributed by atoms with Crippen LogP contribution in [0.2, 0.25) is 0 Å². The van der Waals surface area contributed by atoms with Crippen LogP contribution in [0.4, 0.5) is 5.69 Å². The van der Waals surface area contributed by atoms with Gasteiger partial charge in [-0.25, -0.2) is 0 Å². The lowest BCUT2D eigenvalue weighted by Gasteiger charge is -2.15. The van der Waals surface area contributed by atoms with Crippen molar-refractivity contribution in [2.45, 2.75) is 13.0 Å². The summed E-state index contributed by atoms with van der Waals surface area (Å²) < 4.78 is 9.88. The molecule has 1 rings (SSSR count). The summed E-state index contributed by atoms with van der Waals surface area (Å²) in [6.45, 7) is 2.39. The molecule has 0 radical (unpaired) electrons. The van der Waals surface area contributed by atoms with Crippen LogP contribution < -0.4 is 21.1 Å². The van der Waals surface area contributed by atoms with Crippen molar-refractivity contribution in [2.24, 2.45) is 0 Å². The number of hydrogen-bond donors (Lipinski definition) is 3. The van der Waals surface area contributed by atoms with E-state index >= 15 is 0 Å². The minimum absolute atomic E-state index is 0.269. The number of carbonyl (C=O) groups is 2. The molecule has 0 aliphatic rings. The molecule has 0 saturated carbocycles. The fourth-order valence-electron chi connectivity index (χ4n) is 1.63. The molecule has 0 bridgehead atoms. The molecule has 2 amide bonds. The summed E-state index contributed by atoms with van der Waals surface area (Å²) in [5, 5.41) is 5.23. The van der Waals surface area contributed by atoms with Gasteiger partial charge < -0.3 is 25.8 Å². The van der Waals surface area contributed by atoms with Crippen LogP contribution in [0.3, 0.4) is 0 Å². The standard InChI is InChI=1S/C14H21N3O4/c1-9(13(18)16-6-7-20-2)17-14(19)11-8-10(21-3)4-5-12(11)15/h4-5,8-9H,6-7,15H2,1-3H3,(H,16,18)(H,17,19). The smallest absolute Gasteiger partial charge is 0.254 e. The Labute approximate surface area is 123 Å². The molecule has 7 nitrogen and oxygen atoms in total. The average Bonchev–Trinajstić information content (AvgIpc) is 2.47. The molecule has 0 aliphatic carbocycles. The molecular weight excluding hydrogens is 274 g/mol. The zero-order valence-electron chi connectivity index (χ0n) is 12.4. The number of anilines is 1. The summed E-state index contributed by atoms with van der Waals surface area (Å²) >= 11 is 0. The quantitative estimate of drug-likeness (QED) is 0.491. The summed E-state index contributed by atoms with van der Waals surface area (Å²) in [5.41, 5.74) is 6.35. The Hall–Kier alpha value is -2.28. The number of rotatable bonds is 7. The minimum atomic E-state index is -0.681. The summed E-state index contributed by atoms with van der Waals surface area (Å²) in [5.74, 6) is -0.200. The number of benzene rings is 1.